The minimum absolute atomic E-state index is 0.0379. The van der Waals surface area contributed by atoms with E-state index in [2.05, 4.69) is 0 Å². The molecule has 0 N–H and O–H groups in total. The first-order chi connectivity index (χ1) is 14.4. The molecule has 2 aromatic rings. The molecule has 2 aromatic carbocycles. The molecule has 0 aliphatic carbocycles. The van der Waals surface area contributed by atoms with Gasteiger partial charge in [-0.25, -0.2) is 0 Å². The minimum atomic E-state index is -1.34. The summed E-state index contributed by atoms with van der Waals surface area (Å²) in [6.45, 7) is 1.62. The van der Waals surface area contributed by atoms with Crippen LogP contribution in [0, 0.1) is 0 Å². The standard InChI is InChI=1S/C21H20N2O6S/c1-2-29-17(24)13-22(16-9-4-3-5-10-16)19-18(25)23(21(28)30-19)12-14-7-6-8-15(11-14)20(26)27/h3-11,19H,2,12-13H2,1H3,(H,26,27)/p-1. The van der Waals surface area contributed by atoms with E-state index in [4.69, 9.17) is 4.74 Å². The van der Waals surface area contributed by atoms with Crippen LogP contribution in [0.2, 0.25) is 0 Å². The second-order valence-electron chi connectivity index (χ2n) is 6.42. The van der Waals surface area contributed by atoms with Gasteiger partial charge in [0.25, 0.3) is 11.1 Å². The zero-order chi connectivity index (χ0) is 21.7. The van der Waals surface area contributed by atoms with Gasteiger partial charge >= 0.3 is 5.97 Å². The van der Waals surface area contributed by atoms with Crippen molar-refractivity contribution in [1.29, 1.82) is 0 Å². The van der Waals surface area contributed by atoms with Gasteiger partial charge in [-0.3, -0.25) is 19.3 Å². The average Bonchev–Trinajstić information content (AvgIpc) is 3.01. The minimum Gasteiger partial charge on any atom is -0.545 e. The predicted octanol–water partition coefficient (Wildman–Crippen LogP) is 1.64. The number of thioether (sulfide) groups is 1. The van der Waals surface area contributed by atoms with Crippen molar-refractivity contribution in [3.05, 3.63) is 65.7 Å². The van der Waals surface area contributed by atoms with Gasteiger partial charge in [0.15, 0.2) is 5.37 Å². The molecule has 1 fully saturated rings. The Labute approximate surface area is 177 Å². The normalized spacial score (nSPS) is 15.9. The number of hydrogen-bond acceptors (Lipinski definition) is 8. The molecule has 1 heterocycles. The fourth-order valence-electron chi connectivity index (χ4n) is 3.03. The van der Waals surface area contributed by atoms with Gasteiger partial charge in [-0.05, 0) is 48.0 Å². The van der Waals surface area contributed by atoms with Gasteiger partial charge in [-0.15, -0.1) is 0 Å². The number of carbonyl (C=O) groups is 4. The summed E-state index contributed by atoms with van der Waals surface area (Å²) < 4.78 is 5.01. The largest absolute Gasteiger partial charge is 0.545 e. The molecular formula is C21H19N2O6S-. The third-order valence-corrected chi connectivity index (χ3v) is 5.49. The zero-order valence-corrected chi connectivity index (χ0v) is 17.0. The lowest BCUT2D eigenvalue weighted by Gasteiger charge is -2.27. The van der Waals surface area contributed by atoms with Crippen LogP contribution >= 0.6 is 11.8 Å². The van der Waals surface area contributed by atoms with Crippen LogP contribution in [0.25, 0.3) is 0 Å². The molecular weight excluding hydrogens is 408 g/mol. The number of rotatable bonds is 8. The topological polar surface area (TPSA) is 107 Å². The molecule has 30 heavy (non-hydrogen) atoms. The van der Waals surface area contributed by atoms with Gasteiger partial charge < -0.3 is 19.5 Å². The lowest BCUT2D eigenvalue weighted by atomic mass is 10.1. The molecule has 2 amide bonds. The van der Waals surface area contributed by atoms with E-state index in [1.807, 2.05) is 0 Å². The Morgan fingerprint density at radius 2 is 1.87 bits per heavy atom. The van der Waals surface area contributed by atoms with Gasteiger partial charge in [-0.2, -0.15) is 0 Å². The zero-order valence-electron chi connectivity index (χ0n) is 16.1. The predicted molar refractivity (Wildman–Crippen MR) is 109 cm³/mol. The maximum Gasteiger partial charge on any atom is 0.325 e. The van der Waals surface area contributed by atoms with Crippen LogP contribution < -0.4 is 10.0 Å². The summed E-state index contributed by atoms with van der Waals surface area (Å²) in [5.41, 5.74) is 1.05. The molecule has 0 bridgehead atoms. The van der Waals surface area contributed by atoms with E-state index in [0.717, 1.165) is 16.7 Å². The summed E-state index contributed by atoms with van der Waals surface area (Å²) in [6.07, 6.45) is 0. The highest BCUT2D eigenvalue weighted by Crippen LogP contribution is 2.33. The molecule has 156 valence electrons. The highest BCUT2D eigenvalue weighted by atomic mass is 32.2. The Morgan fingerprint density at radius 1 is 1.13 bits per heavy atom. The monoisotopic (exact) mass is 427 g/mol. The third kappa shape index (κ3) is 4.80. The molecule has 0 saturated carbocycles. The van der Waals surface area contributed by atoms with Crippen molar-refractivity contribution in [3.8, 4) is 0 Å². The molecule has 0 radical (unpaired) electrons. The molecule has 1 unspecified atom stereocenters. The number of carboxylic acids is 1. The molecule has 8 nitrogen and oxygen atoms in total. The average molecular weight is 427 g/mol. The summed E-state index contributed by atoms with van der Waals surface area (Å²) >= 11 is 0.801. The number of carbonyl (C=O) groups excluding carboxylic acids is 4. The second-order valence-corrected chi connectivity index (χ2v) is 7.45. The first-order valence-electron chi connectivity index (χ1n) is 9.20. The molecule has 3 rings (SSSR count). The van der Waals surface area contributed by atoms with E-state index < -0.39 is 28.5 Å². The van der Waals surface area contributed by atoms with Crippen molar-refractivity contribution in [1.82, 2.24) is 4.90 Å². The van der Waals surface area contributed by atoms with Crippen LogP contribution in [0.1, 0.15) is 22.8 Å². The number of hydrogen-bond donors (Lipinski definition) is 0. The number of nitrogens with zero attached hydrogens (tertiary/aromatic N) is 2. The third-order valence-electron chi connectivity index (χ3n) is 4.39. The number of para-hydroxylation sites is 1. The lowest BCUT2D eigenvalue weighted by molar-refractivity contribution is -0.255. The van der Waals surface area contributed by atoms with E-state index in [1.54, 1.807) is 43.3 Å². The highest BCUT2D eigenvalue weighted by Gasteiger charge is 2.43. The highest BCUT2D eigenvalue weighted by molar-refractivity contribution is 8.15. The first-order valence-corrected chi connectivity index (χ1v) is 10.1. The van der Waals surface area contributed by atoms with Crippen molar-refractivity contribution in [2.75, 3.05) is 18.1 Å². The van der Waals surface area contributed by atoms with E-state index in [0.29, 0.717) is 11.3 Å². The van der Waals surface area contributed by atoms with E-state index >= 15 is 0 Å². The van der Waals surface area contributed by atoms with Crippen molar-refractivity contribution < 1.29 is 29.0 Å². The smallest absolute Gasteiger partial charge is 0.325 e. The molecule has 1 atom stereocenters. The Morgan fingerprint density at radius 3 is 2.53 bits per heavy atom. The summed E-state index contributed by atoms with van der Waals surface area (Å²) in [7, 11) is 0. The number of imide groups is 1. The fraction of sp³-hybridized carbons (Fsp3) is 0.238. The van der Waals surface area contributed by atoms with Crippen LogP contribution in [0.5, 0.6) is 0 Å². The van der Waals surface area contributed by atoms with Crippen molar-refractivity contribution >= 4 is 40.5 Å². The van der Waals surface area contributed by atoms with Crippen LogP contribution in [-0.4, -0.2) is 46.5 Å². The number of anilines is 1. The SMILES string of the molecule is CCOC(=O)CN(c1ccccc1)C1SC(=O)N(Cc2cccc(C(=O)[O-])c2)C1=O. The second kappa shape index (κ2) is 9.45. The summed E-state index contributed by atoms with van der Waals surface area (Å²) in [6, 6.07) is 14.7. The number of benzene rings is 2. The van der Waals surface area contributed by atoms with Gasteiger partial charge in [0, 0.05) is 5.69 Å². The molecule has 0 spiro atoms. The van der Waals surface area contributed by atoms with E-state index in [9.17, 15) is 24.3 Å². The van der Waals surface area contributed by atoms with E-state index in [-0.39, 0.29) is 25.3 Å². The molecule has 1 saturated heterocycles. The Hall–Kier alpha value is -3.33. The number of aromatic carboxylic acids is 1. The lowest BCUT2D eigenvalue weighted by Crippen LogP contribution is -2.44. The summed E-state index contributed by atoms with van der Waals surface area (Å²) in [5.74, 6) is -2.34. The maximum absolute atomic E-state index is 13.1. The molecule has 1 aliphatic heterocycles. The molecule has 9 heteroatoms. The summed E-state index contributed by atoms with van der Waals surface area (Å²) in [5, 5.41) is 9.65. The number of esters is 1. The summed E-state index contributed by atoms with van der Waals surface area (Å²) in [4.78, 5) is 51.4. The van der Waals surface area contributed by atoms with Gasteiger partial charge in [0.1, 0.15) is 6.54 Å². The quantitative estimate of drug-likeness (QED) is 0.585. The van der Waals surface area contributed by atoms with Crippen LogP contribution in [0.3, 0.4) is 0 Å². The van der Waals surface area contributed by atoms with Gasteiger partial charge in [0.05, 0.1) is 19.1 Å². The van der Waals surface area contributed by atoms with Crippen LogP contribution in [0.4, 0.5) is 10.5 Å². The number of carboxylic acid groups (broad SMARTS) is 1. The van der Waals surface area contributed by atoms with Crippen molar-refractivity contribution in [2.24, 2.45) is 0 Å². The Bertz CT molecular complexity index is 965. The van der Waals surface area contributed by atoms with Crippen molar-refractivity contribution in [3.63, 3.8) is 0 Å². The van der Waals surface area contributed by atoms with Gasteiger partial charge in [-0.1, -0.05) is 36.4 Å². The fourth-order valence-corrected chi connectivity index (χ4v) is 4.05. The van der Waals surface area contributed by atoms with Gasteiger partial charge in [0.2, 0.25) is 0 Å². The molecule has 0 aromatic heterocycles. The van der Waals surface area contributed by atoms with Crippen LogP contribution in [0.15, 0.2) is 54.6 Å². The first kappa shape index (κ1) is 21.4. The Balaban J connectivity index is 1.83. The Kier molecular flexibility index (Phi) is 6.73. The number of ether oxygens (including phenoxy) is 1. The van der Waals surface area contributed by atoms with Crippen molar-refractivity contribution in [2.45, 2.75) is 18.8 Å². The number of amides is 2. The van der Waals surface area contributed by atoms with E-state index in [1.165, 1.54) is 23.1 Å². The molecule has 1 aliphatic rings. The van der Waals surface area contributed by atoms with Crippen LogP contribution in [-0.2, 0) is 20.9 Å². The maximum atomic E-state index is 13.1.